The first-order valence-electron chi connectivity index (χ1n) is 6.24. The Bertz CT molecular complexity index is 477. The SMILES string of the molecule is CN1Cc2ccc(CCC3(N)CC3)cc2C1=O. The zero-order valence-electron chi connectivity index (χ0n) is 10.2. The van der Waals surface area contributed by atoms with E-state index >= 15 is 0 Å². The fourth-order valence-corrected chi connectivity index (χ4v) is 2.45. The van der Waals surface area contributed by atoms with Crippen molar-refractivity contribution < 1.29 is 4.79 Å². The summed E-state index contributed by atoms with van der Waals surface area (Å²) in [6.45, 7) is 0.745. The molecule has 0 unspecified atom stereocenters. The summed E-state index contributed by atoms with van der Waals surface area (Å²) in [4.78, 5) is 13.6. The third-order valence-electron chi connectivity index (χ3n) is 3.96. The van der Waals surface area contributed by atoms with Crippen LogP contribution in [0.15, 0.2) is 18.2 Å². The molecule has 1 aliphatic heterocycles. The number of hydrogen-bond donors (Lipinski definition) is 1. The van der Waals surface area contributed by atoms with Crippen LogP contribution in [0.2, 0.25) is 0 Å². The molecule has 17 heavy (non-hydrogen) atoms. The summed E-state index contributed by atoms with van der Waals surface area (Å²) in [6.07, 6.45) is 4.33. The van der Waals surface area contributed by atoms with E-state index in [-0.39, 0.29) is 11.4 Å². The molecule has 3 nitrogen and oxygen atoms in total. The highest BCUT2D eigenvalue weighted by atomic mass is 16.2. The van der Waals surface area contributed by atoms with Crippen molar-refractivity contribution in [2.45, 2.75) is 37.8 Å². The number of aryl methyl sites for hydroxylation is 1. The molecule has 3 heteroatoms. The van der Waals surface area contributed by atoms with Gasteiger partial charge in [0, 0.05) is 24.7 Å². The molecule has 3 rings (SSSR count). The number of benzene rings is 1. The predicted octanol–water partition coefficient (Wildman–Crippen LogP) is 1.70. The minimum Gasteiger partial charge on any atom is -0.337 e. The van der Waals surface area contributed by atoms with Crippen molar-refractivity contribution >= 4 is 5.91 Å². The molecule has 1 amide bonds. The van der Waals surface area contributed by atoms with Crippen LogP contribution in [0.5, 0.6) is 0 Å². The van der Waals surface area contributed by atoms with Gasteiger partial charge >= 0.3 is 0 Å². The molecule has 0 atom stereocenters. The van der Waals surface area contributed by atoms with Crippen molar-refractivity contribution in [3.63, 3.8) is 0 Å². The van der Waals surface area contributed by atoms with E-state index in [1.165, 1.54) is 5.56 Å². The molecule has 90 valence electrons. The van der Waals surface area contributed by atoms with E-state index in [1.54, 1.807) is 4.90 Å². The first-order valence-corrected chi connectivity index (χ1v) is 6.24. The van der Waals surface area contributed by atoms with Crippen LogP contribution >= 0.6 is 0 Å². The lowest BCUT2D eigenvalue weighted by molar-refractivity contribution is 0.0816. The summed E-state index contributed by atoms with van der Waals surface area (Å²) in [6, 6.07) is 6.27. The van der Waals surface area contributed by atoms with E-state index in [1.807, 2.05) is 13.1 Å². The molecule has 1 aromatic carbocycles. The van der Waals surface area contributed by atoms with Crippen LogP contribution in [0.4, 0.5) is 0 Å². The molecule has 1 heterocycles. The second kappa shape index (κ2) is 3.57. The van der Waals surface area contributed by atoms with E-state index in [2.05, 4.69) is 12.1 Å². The van der Waals surface area contributed by atoms with Crippen LogP contribution in [0.1, 0.15) is 40.7 Å². The second-order valence-corrected chi connectivity index (χ2v) is 5.52. The summed E-state index contributed by atoms with van der Waals surface area (Å²) >= 11 is 0. The van der Waals surface area contributed by atoms with Crippen LogP contribution < -0.4 is 5.73 Å². The molecule has 0 radical (unpaired) electrons. The number of nitrogens with two attached hydrogens (primary N) is 1. The highest BCUT2D eigenvalue weighted by Gasteiger charge is 2.37. The van der Waals surface area contributed by atoms with E-state index in [9.17, 15) is 4.79 Å². The summed E-state index contributed by atoms with van der Waals surface area (Å²) < 4.78 is 0. The third-order valence-corrected chi connectivity index (χ3v) is 3.96. The van der Waals surface area contributed by atoms with Gasteiger partial charge in [0.1, 0.15) is 0 Å². The third kappa shape index (κ3) is 1.95. The molecule has 1 aliphatic carbocycles. The monoisotopic (exact) mass is 230 g/mol. The minimum atomic E-state index is 0.0970. The number of fused-ring (bicyclic) bond motifs is 1. The lowest BCUT2D eigenvalue weighted by atomic mass is 10.00. The topological polar surface area (TPSA) is 46.3 Å². The van der Waals surface area contributed by atoms with E-state index < -0.39 is 0 Å². The quantitative estimate of drug-likeness (QED) is 0.859. The van der Waals surface area contributed by atoms with Crippen molar-refractivity contribution in [3.8, 4) is 0 Å². The Kier molecular flexibility index (Phi) is 2.26. The molecule has 2 aliphatic rings. The number of nitrogens with zero attached hydrogens (tertiary/aromatic N) is 1. The maximum Gasteiger partial charge on any atom is 0.254 e. The van der Waals surface area contributed by atoms with Crippen LogP contribution in [0.25, 0.3) is 0 Å². The fraction of sp³-hybridized carbons (Fsp3) is 0.500. The Morgan fingerprint density at radius 1 is 1.41 bits per heavy atom. The van der Waals surface area contributed by atoms with Gasteiger partial charge in [-0.1, -0.05) is 12.1 Å². The molecule has 1 saturated carbocycles. The normalized spacial score (nSPS) is 20.6. The van der Waals surface area contributed by atoms with Crippen molar-refractivity contribution in [2.24, 2.45) is 5.73 Å². The number of rotatable bonds is 3. The second-order valence-electron chi connectivity index (χ2n) is 5.52. The van der Waals surface area contributed by atoms with Gasteiger partial charge < -0.3 is 10.6 Å². The average molecular weight is 230 g/mol. The smallest absolute Gasteiger partial charge is 0.254 e. The van der Waals surface area contributed by atoms with Crippen LogP contribution in [0, 0.1) is 0 Å². The lowest BCUT2D eigenvalue weighted by Crippen LogP contribution is -2.22. The van der Waals surface area contributed by atoms with Gasteiger partial charge in [0.15, 0.2) is 0 Å². The van der Waals surface area contributed by atoms with E-state index in [0.29, 0.717) is 0 Å². The van der Waals surface area contributed by atoms with Crippen molar-refractivity contribution in [2.75, 3.05) is 7.05 Å². The van der Waals surface area contributed by atoms with Crippen LogP contribution in [-0.4, -0.2) is 23.4 Å². The first kappa shape index (κ1) is 10.8. The van der Waals surface area contributed by atoms with Crippen molar-refractivity contribution in [3.05, 3.63) is 34.9 Å². The summed E-state index contributed by atoms with van der Waals surface area (Å²) in [5.41, 5.74) is 9.45. The maximum absolute atomic E-state index is 11.9. The number of carbonyl (C=O) groups excluding carboxylic acids is 1. The van der Waals surface area contributed by atoms with Gasteiger partial charge in [-0.05, 0) is 42.9 Å². The van der Waals surface area contributed by atoms with Gasteiger partial charge in [-0.15, -0.1) is 0 Å². The molecule has 0 saturated heterocycles. The Labute approximate surface area is 102 Å². The molecule has 1 fully saturated rings. The predicted molar refractivity (Wildman–Crippen MR) is 66.7 cm³/mol. The Hall–Kier alpha value is -1.35. The molecule has 0 bridgehead atoms. The summed E-state index contributed by atoms with van der Waals surface area (Å²) in [5.74, 6) is 0.149. The Balaban J connectivity index is 1.77. The van der Waals surface area contributed by atoms with Gasteiger partial charge in [0.05, 0.1) is 0 Å². The van der Waals surface area contributed by atoms with Gasteiger partial charge in [0.2, 0.25) is 0 Å². The van der Waals surface area contributed by atoms with Gasteiger partial charge in [0.25, 0.3) is 5.91 Å². The highest BCUT2D eigenvalue weighted by Crippen LogP contribution is 2.36. The molecule has 2 N–H and O–H groups in total. The van der Waals surface area contributed by atoms with Crippen LogP contribution in [0.3, 0.4) is 0 Å². The van der Waals surface area contributed by atoms with Crippen molar-refractivity contribution in [1.29, 1.82) is 0 Å². The van der Waals surface area contributed by atoms with Gasteiger partial charge in [-0.2, -0.15) is 0 Å². The zero-order valence-corrected chi connectivity index (χ0v) is 10.2. The van der Waals surface area contributed by atoms with Crippen molar-refractivity contribution in [1.82, 2.24) is 4.90 Å². The average Bonchev–Trinajstić information content (AvgIpc) is 2.98. The number of hydrogen-bond acceptors (Lipinski definition) is 2. The highest BCUT2D eigenvalue weighted by molar-refractivity contribution is 5.98. The van der Waals surface area contributed by atoms with E-state index in [4.69, 9.17) is 5.73 Å². The molecule has 0 aromatic heterocycles. The minimum absolute atomic E-state index is 0.0970. The molecular weight excluding hydrogens is 212 g/mol. The van der Waals surface area contributed by atoms with Gasteiger partial charge in [-0.3, -0.25) is 4.79 Å². The summed E-state index contributed by atoms with van der Waals surface area (Å²) in [5, 5.41) is 0. The lowest BCUT2D eigenvalue weighted by Gasteiger charge is -2.08. The molecular formula is C14H18N2O. The Morgan fingerprint density at radius 3 is 2.88 bits per heavy atom. The van der Waals surface area contributed by atoms with E-state index in [0.717, 1.165) is 43.4 Å². The standard InChI is InChI=1S/C14H18N2O/c1-16-9-11-3-2-10(8-12(11)13(16)17)4-5-14(15)6-7-14/h2-3,8H,4-7,9,15H2,1H3. The van der Waals surface area contributed by atoms with Gasteiger partial charge in [-0.25, -0.2) is 0 Å². The first-order chi connectivity index (χ1) is 8.07. The fourth-order valence-electron chi connectivity index (χ4n) is 2.45. The van der Waals surface area contributed by atoms with Crippen LogP contribution in [-0.2, 0) is 13.0 Å². The Morgan fingerprint density at radius 2 is 2.18 bits per heavy atom. The number of amides is 1. The largest absolute Gasteiger partial charge is 0.337 e. The number of carbonyl (C=O) groups is 1. The summed E-state index contributed by atoms with van der Waals surface area (Å²) in [7, 11) is 1.85. The molecule has 0 spiro atoms. The molecule has 1 aromatic rings. The zero-order chi connectivity index (χ0) is 12.0. The maximum atomic E-state index is 11.9.